The lowest BCUT2D eigenvalue weighted by Crippen LogP contribution is -2.02. The SMILES string of the molecule is c1ccc(-c2cc(-c3ccc(-c4ccc5c(c4)c4ccccc4n5-c4ccccc4)c4c5ccccc5n(-c5ccccc5)c34)nc(-c3ccccc3)n2)cc1.c1ccc(-c2nc(-c3ccccc3)nc(-c3ccc(-c4ccc5c(c4)c4ccccc4n5-c4ccccc4)c4c5ccccc5n(-c5ccccc5)c34)n2)cc1. The first-order valence-corrected chi connectivity index (χ1v) is 37.9. The van der Waals surface area contributed by atoms with E-state index in [1.807, 2.05) is 60.7 Å². The third-order valence-electron chi connectivity index (χ3n) is 21.7. The van der Waals surface area contributed by atoms with E-state index in [2.05, 4.69) is 364 Å². The Labute approximate surface area is 645 Å². The molecular weight excluding hydrogens is 1360 g/mol. The van der Waals surface area contributed by atoms with Crippen molar-refractivity contribution in [2.24, 2.45) is 0 Å². The molecule has 0 N–H and O–H groups in total. The summed E-state index contributed by atoms with van der Waals surface area (Å²) in [6.45, 7) is 0. The van der Waals surface area contributed by atoms with Crippen LogP contribution in [0.1, 0.15) is 0 Å². The topological polar surface area (TPSA) is 84.2 Å². The van der Waals surface area contributed by atoms with Crippen LogP contribution in [-0.4, -0.2) is 43.2 Å². The Hall–Kier alpha value is -15.2. The van der Waals surface area contributed by atoms with Gasteiger partial charge in [-0.05, 0) is 131 Å². The van der Waals surface area contributed by atoms with E-state index < -0.39 is 0 Å². The molecule has 0 fully saturated rings. The zero-order chi connectivity index (χ0) is 74.0. The molecule has 9 nitrogen and oxygen atoms in total. The van der Waals surface area contributed by atoms with Crippen molar-refractivity contribution in [3.63, 3.8) is 0 Å². The van der Waals surface area contributed by atoms with Crippen LogP contribution in [0.25, 0.3) is 200 Å². The van der Waals surface area contributed by atoms with Crippen LogP contribution in [0.3, 0.4) is 0 Å². The minimum atomic E-state index is 0.621. The molecule has 22 rings (SSSR count). The second-order valence-electron chi connectivity index (χ2n) is 28.2. The number of para-hydroxylation sites is 8. The summed E-state index contributed by atoms with van der Waals surface area (Å²) in [5, 5.41) is 9.58. The Balaban J connectivity index is 0.000000141. The molecule has 0 saturated carbocycles. The Bertz CT molecular complexity index is 6770. The smallest absolute Gasteiger partial charge is 0.166 e. The molecule has 0 amide bonds. The molecule has 0 radical (unpaired) electrons. The number of hydrogen-bond donors (Lipinski definition) is 0. The summed E-state index contributed by atoms with van der Waals surface area (Å²) in [5.41, 5.74) is 25.9. The van der Waals surface area contributed by atoms with E-state index in [-0.39, 0.29) is 0 Å². The lowest BCUT2D eigenvalue weighted by molar-refractivity contribution is 1.07. The van der Waals surface area contributed by atoms with Gasteiger partial charge in [0, 0.05) is 99.2 Å². The van der Waals surface area contributed by atoms with E-state index in [0.717, 1.165) is 111 Å². The van der Waals surface area contributed by atoms with Crippen molar-refractivity contribution < 1.29 is 0 Å². The number of benzene rings is 16. The third-order valence-corrected chi connectivity index (χ3v) is 21.7. The molecule has 6 aromatic heterocycles. The minimum Gasteiger partial charge on any atom is -0.309 e. The quantitative estimate of drug-likeness (QED) is 0.122. The normalized spacial score (nSPS) is 11.6. The fourth-order valence-electron chi connectivity index (χ4n) is 16.7. The molecule has 0 unspecified atom stereocenters. The lowest BCUT2D eigenvalue weighted by atomic mass is 9.94. The average Bonchev–Trinajstić information content (AvgIpc) is 1.55. The van der Waals surface area contributed by atoms with Crippen LogP contribution in [-0.2, 0) is 0 Å². The summed E-state index contributed by atoms with van der Waals surface area (Å²) < 4.78 is 9.52. The van der Waals surface area contributed by atoms with Crippen molar-refractivity contribution in [1.82, 2.24) is 43.2 Å². The number of nitrogens with zero attached hydrogens (tertiary/aromatic N) is 9. The summed E-state index contributed by atoms with van der Waals surface area (Å²) in [6, 6.07) is 144. The first-order valence-electron chi connectivity index (χ1n) is 37.9. The van der Waals surface area contributed by atoms with Crippen LogP contribution < -0.4 is 0 Å². The van der Waals surface area contributed by atoms with E-state index in [4.69, 9.17) is 24.9 Å². The fourth-order valence-corrected chi connectivity index (χ4v) is 16.7. The Kier molecular flexibility index (Phi) is 16.0. The maximum Gasteiger partial charge on any atom is 0.166 e. The molecule has 0 aliphatic heterocycles. The summed E-state index contributed by atoms with van der Waals surface area (Å²) in [7, 11) is 0. The van der Waals surface area contributed by atoms with Crippen LogP contribution >= 0.6 is 0 Å². The van der Waals surface area contributed by atoms with Crippen LogP contribution in [0.5, 0.6) is 0 Å². The molecule has 22 aromatic rings. The molecule has 0 saturated heterocycles. The molecule has 0 aliphatic carbocycles. The van der Waals surface area contributed by atoms with Gasteiger partial charge in [-0.1, -0.05) is 297 Å². The molecule has 9 heteroatoms. The number of rotatable bonds is 12. The van der Waals surface area contributed by atoms with E-state index in [0.29, 0.717) is 23.3 Å². The van der Waals surface area contributed by atoms with Gasteiger partial charge in [-0.3, -0.25) is 0 Å². The molecule has 524 valence electrons. The molecule has 0 atom stereocenters. The first-order chi connectivity index (χ1) is 55.6. The monoisotopic (exact) mass is 1430 g/mol. The second-order valence-corrected chi connectivity index (χ2v) is 28.2. The van der Waals surface area contributed by atoms with Crippen molar-refractivity contribution >= 4 is 87.2 Å². The minimum absolute atomic E-state index is 0.621. The van der Waals surface area contributed by atoms with E-state index >= 15 is 0 Å². The summed E-state index contributed by atoms with van der Waals surface area (Å²) >= 11 is 0. The first kappa shape index (κ1) is 65.1. The van der Waals surface area contributed by atoms with Gasteiger partial charge in [0.05, 0.1) is 55.5 Å². The molecule has 0 bridgehead atoms. The zero-order valence-electron chi connectivity index (χ0n) is 60.7. The molecule has 6 heterocycles. The predicted molar refractivity (Wildman–Crippen MR) is 463 cm³/mol. The van der Waals surface area contributed by atoms with Crippen LogP contribution in [0.15, 0.2) is 406 Å². The van der Waals surface area contributed by atoms with E-state index in [1.165, 1.54) is 65.5 Å². The molecule has 16 aromatic carbocycles. The maximum absolute atomic E-state index is 5.34. The fraction of sp³-hybridized carbons (Fsp3) is 0. The van der Waals surface area contributed by atoms with Crippen LogP contribution in [0, 0.1) is 0 Å². The predicted octanol–water partition coefficient (Wildman–Crippen LogP) is 26.1. The standard InChI is InChI=1S/C52H34N4.C51H33N5/c1-5-17-35(18-6-1)45-34-46(54-52(53-45)36-19-7-2-8-20-36)42-31-30-40(50-43-26-14-16-28-48(43)56(51(42)50)39-23-11-4-12-24-39)37-29-32-49-44(33-37)41-25-13-15-27-47(41)55(49)38-21-9-3-10-22-38;1-5-17-34(18-6-1)49-52-50(35-19-7-2-8-20-35)54-51(53-49)42-31-30-39(47-41-26-14-16-28-45(41)56(48(42)47)38-23-11-4-12-24-38)36-29-32-46-43(33-36)40-25-13-15-27-44(40)55(46)37-21-9-3-10-22-37/h1-34H;1-33H. The van der Waals surface area contributed by atoms with Gasteiger partial charge in [0.15, 0.2) is 23.3 Å². The van der Waals surface area contributed by atoms with Gasteiger partial charge < -0.3 is 18.3 Å². The lowest BCUT2D eigenvalue weighted by Gasteiger charge is -2.15. The van der Waals surface area contributed by atoms with Gasteiger partial charge in [-0.15, -0.1) is 0 Å². The Morgan fingerprint density at radius 1 is 0.161 bits per heavy atom. The van der Waals surface area contributed by atoms with Gasteiger partial charge in [0.25, 0.3) is 0 Å². The molecule has 0 spiro atoms. The molecule has 0 aliphatic rings. The maximum atomic E-state index is 5.34. The van der Waals surface area contributed by atoms with Gasteiger partial charge >= 0.3 is 0 Å². The van der Waals surface area contributed by atoms with Crippen LogP contribution in [0.2, 0.25) is 0 Å². The average molecular weight is 1430 g/mol. The molecule has 112 heavy (non-hydrogen) atoms. The number of hydrogen-bond acceptors (Lipinski definition) is 5. The summed E-state index contributed by atoms with van der Waals surface area (Å²) in [6.07, 6.45) is 0. The largest absolute Gasteiger partial charge is 0.309 e. The zero-order valence-corrected chi connectivity index (χ0v) is 60.7. The van der Waals surface area contributed by atoms with Crippen molar-refractivity contribution in [1.29, 1.82) is 0 Å². The number of aromatic nitrogens is 9. The van der Waals surface area contributed by atoms with Crippen molar-refractivity contribution in [3.8, 4) is 113 Å². The summed E-state index contributed by atoms with van der Waals surface area (Å²) in [5.74, 6) is 2.58. The highest BCUT2D eigenvalue weighted by Crippen LogP contribution is 2.48. The van der Waals surface area contributed by atoms with Crippen LogP contribution in [0.4, 0.5) is 0 Å². The van der Waals surface area contributed by atoms with Crippen molar-refractivity contribution in [3.05, 3.63) is 406 Å². The van der Waals surface area contributed by atoms with Crippen molar-refractivity contribution in [2.45, 2.75) is 0 Å². The Morgan fingerprint density at radius 2 is 0.446 bits per heavy atom. The van der Waals surface area contributed by atoms with E-state index in [1.54, 1.807) is 0 Å². The third kappa shape index (κ3) is 11.2. The highest BCUT2D eigenvalue weighted by molar-refractivity contribution is 6.22. The van der Waals surface area contributed by atoms with Gasteiger partial charge in [-0.25, -0.2) is 24.9 Å². The van der Waals surface area contributed by atoms with Gasteiger partial charge in [-0.2, -0.15) is 0 Å². The number of fused-ring (bicyclic) bond motifs is 12. The Morgan fingerprint density at radius 3 is 0.857 bits per heavy atom. The van der Waals surface area contributed by atoms with E-state index in [9.17, 15) is 0 Å². The highest BCUT2D eigenvalue weighted by atomic mass is 15.1. The van der Waals surface area contributed by atoms with Crippen molar-refractivity contribution in [2.75, 3.05) is 0 Å². The summed E-state index contributed by atoms with van der Waals surface area (Å²) in [4.78, 5) is 25.9. The molecular formula is C103H67N9. The van der Waals surface area contributed by atoms with Gasteiger partial charge in [0.2, 0.25) is 0 Å². The second kappa shape index (κ2) is 27.5. The van der Waals surface area contributed by atoms with Gasteiger partial charge in [0.1, 0.15) is 0 Å². The highest BCUT2D eigenvalue weighted by Gasteiger charge is 2.27.